The van der Waals surface area contributed by atoms with E-state index in [1.807, 2.05) is 18.7 Å². The minimum absolute atomic E-state index is 0.592. The number of thioether (sulfide) groups is 1. The van der Waals surface area contributed by atoms with Crippen molar-refractivity contribution in [1.82, 2.24) is 15.0 Å². The fraction of sp³-hybridized carbons (Fsp3) is 0.615. The van der Waals surface area contributed by atoms with Crippen molar-refractivity contribution < 1.29 is 4.42 Å². The van der Waals surface area contributed by atoms with E-state index in [1.54, 1.807) is 6.33 Å². The van der Waals surface area contributed by atoms with Crippen LogP contribution < -0.4 is 4.90 Å². The number of fused-ring (bicyclic) bond motifs is 1. The lowest BCUT2D eigenvalue weighted by molar-refractivity contribution is 0.451. The summed E-state index contributed by atoms with van der Waals surface area (Å²) < 4.78 is 5.48. The Kier molecular flexibility index (Phi) is 3.59. The summed E-state index contributed by atoms with van der Waals surface area (Å²) in [5.74, 6) is 3.52. The van der Waals surface area contributed by atoms with Crippen LogP contribution in [0.25, 0.3) is 11.2 Å². The van der Waals surface area contributed by atoms with Crippen molar-refractivity contribution in [3.8, 4) is 0 Å². The lowest BCUT2D eigenvalue weighted by Crippen LogP contribution is -2.37. The molecule has 1 saturated heterocycles. The number of piperidine rings is 1. The molecule has 0 N–H and O–H groups in total. The molecule has 3 rings (SSSR count). The third-order valence-electron chi connectivity index (χ3n) is 3.50. The number of aromatic nitrogens is 3. The second-order valence-corrected chi connectivity index (χ2v) is 5.90. The first-order valence-electron chi connectivity index (χ1n) is 6.60. The molecule has 3 heterocycles. The molecule has 5 nitrogen and oxygen atoms in total. The average molecular weight is 278 g/mol. The number of hydrogen-bond acceptors (Lipinski definition) is 6. The van der Waals surface area contributed by atoms with Crippen LogP contribution in [0.15, 0.2) is 10.7 Å². The molecular formula is C13H18N4OS. The van der Waals surface area contributed by atoms with Crippen molar-refractivity contribution in [3.63, 3.8) is 0 Å². The van der Waals surface area contributed by atoms with E-state index in [4.69, 9.17) is 4.42 Å². The predicted molar refractivity (Wildman–Crippen MR) is 77.7 cm³/mol. The number of anilines is 1. The quantitative estimate of drug-likeness (QED) is 0.860. The lowest BCUT2D eigenvalue weighted by atomic mass is 10.00. The molecule has 1 aliphatic rings. The summed E-state index contributed by atoms with van der Waals surface area (Å²) in [7, 11) is 0. The van der Waals surface area contributed by atoms with E-state index in [-0.39, 0.29) is 0 Å². The topological polar surface area (TPSA) is 55.1 Å². The van der Waals surface area contributed by atoms with Crippen molar-refractivity contribution >= 4 is 28.8 Å². The standard InChI is InChI=1S/C13H18N4OS/c1-9-16-11-12(14-8-15-13(11)18-9)17-5-3-4-10(6-17)7-19-2/h8,10H,3-7H2,1-2H3/t10-/m0/s1. The van der Waals surface area contributed by atoms with Crippen molar-refractivity contribution in [2.24, 2.45) is 5.92 Å². The number of hydrogen-bond donors (Lipinski definition) is 0. The molecule has 0 aliphatic carbocycles. The Morgan fingerprint density at radius 2 is 2.37 bits per heavy atom. The van der Waals surface area contributed by atoms with Gasteiger partial charge in [0.25, 0.3) is 5.71 Å². The molecule has 6 heteroatoms. The van der Waals surface area contributed by atoms with Crippen LogP contribution in [0.4, 0.5) is 5.82 Å². The van der Waals surface area contributed by atoms with E-state index in [9.17, 15) is 0 Å². The Morgan fingerprint density at radius 1 is 1.47 bits per heavy atom. The highest BCUT2D eigenvalue weighted by Crippen LogP contribution is 2.28. The van der Waals surface area contributed by atoms with E-state index in [0.29, 0.717) is 11.6 Å². The maximum absolute atomic E-state index is 5.48. The molecule has 0 aromatic carbocycles. The van der Waals surface area contributed by atoms with Crippen molar-refractivity contribution in [1.29, 1.82) is 0 Å². The van der Waals surface area contributed by atoms with Crippen LogP contribution in [0.5, 0.6) is 0 Å². The van der Waals surface area contributed by atoms with Gasteiger partial charge in [-0.05, 0) is 30.8 Å². The Morgan fingerprint density at radius 3 is 3.21 bits per heavy atom. The van der Waals surface area contributed by atoms with Gasteiger partial charge in [-0.25, -0.2) is 9.97 Å². The number of aryl methyl sites for hydroxylation is 1. The molecule has 1 atom stereocenters. The molecule has 0 saturated carbocycles. The van der Waals surface area contributed by atoms with Gasteiger partial charge >= 0.3 is 0 Å². The minimum atomic E-state index is 0.592. The highest BCUT2D eigenvalue weighted by Gasteiger charge is 2.23. The van der Waals surface area contributed by atoms with Gasteiger partial charge in [0.05, 0.1) is 0 Å². The summed E-state index contributed by atoms with van der Waals surface area (Å²) >= 11 is 1.92. The molecule has 0 bridgehead atoms. The van der Waals surface area contributed by atoms with Crippen molar-refractivity contribution in [2.75, 3.05) is 30.0 Å². The first-order valence-corrected chi connectivity index (χ1v) is 7.99. The zero-order chi connectivity index (χ0) is 13.2. The van der Waals surface area contributed by atoms with E-state index >= 15 is 0 Å². The molecule has 102 valence electrons. The Labute approximate surface area is 116 Å². The monoisotopic (exact) mass is 278 g/mol. The van der Waals surface area contributed by atoms with Crippen LogP contribution in [-0.4, -0.2) is 40.1 Å². The SMILES string of the molecule is CSC[C@H]1CCCN(c2ncnc3oc(C)nc23)C1. The van der Waals surface area contributed by atoms with E-state index in [0.717, 1.165) is 30.3 Å². The smallest absolute Gasteiger partial charge is 0.252 e. The molecule has 19 heavy (non-hydrogen) atoms. The van der Waals surface area contributed by atoms with Gasteiger partial charge in [0.2, 0.25) is 0 Å². The second-order valence-electron chi connectivity index (χ2n) is 4.99. The fourth-order valence-corrected chi connectivity index (χ4v) is 3.45. The van der Waals surface area contributed by atoms with Crippen molar-refractivity contribution in [2.45, 2.75) is 19.8 Å². The van der Waals surface area contributed by atoms with E-state index < -0.39 is 0 Å². The summed E-state index contributed by atoms with van der Waals surface area (Å²) in [5, 5.41) is 0. The highest BCUT2D eigenvalue weighted by molar-refractivity contribution is 7.98. The zero-order valence-corrected chi connectivity index (χ0v) is 12.1. The minimum Gasteiger partial charge on any atom is -0.422 e. The summed E-state index contributed by atoms with van der Waals surface area (Å²) in [6.07, 6.45) is 6.26. The number of oxazole rings is 1. The molecule has 2 aromatic rings. The van der Waals surface area contributed by atoms with Crippen LogP contribution >= 0.6 is 11.8 Å². The van der Waals surface area contributed by atoms with Gasteiger partial charge in [0.1, 0.15) is 6.33 Å². The Bertz CT molecular complexity index is 569. The van der Waals surface area contributed by atoms with Crippen molar-refractivity contribution in [3.05, 3.63) is 12.2 Å². The Hall–Kier alpha value is -1.30. The molecule has 0 spiro atoms. The maximum atomic E-state index is 5.48. The largest absolute Gasteiger partial charge is 0.422 e. The molecule has 1 fully saturated rings. The van der Waals surface area contributed by atoms with Gasteiger partial charge in [-0.3, -0.25) is 0 Å². The Balaban J connectivity index is 1.90. The molecule has 0 unspecified atom stereocenters. The van der Waals surface area contributed by atoms with Gasteiger partial charge in [0, 0.05) is 20.0 Å². The van der Waals surface area contributed by atoms with Gasteiger partial charge in [0.15, 0.2) is 17.2 Å². The van der Waals surface area contributed by atoms with Gasteiger partial charge in [-0.15, -0.1) is 0 Å². The maximum Gasteiger partial charge on any atom is 0.252 e. The van der Waals surface area contributed by atoms with Gasteiger partial charge < -0.3 is 9.32 Å². The number of rotatable bonds is 3. The third-order valence-corrected chi connectivity index (χ3v) is 4.31. The summed E-state index contributed by atoms with van der Waals surface area (Å²) in [4.78, 5) is 15.3. The summed E-state index contributed by atoms with van der Waals surface area (Å²) in [6, 6.07) is 0. The van der Waals surface area contributed by atoms with Crippen LogP contribution in [-0.2, 0) is 0 Å². The molecular weight excluding hydrogens is 260 g/mol. The predicted octanol–water partition coefficient (Wildman–Crippen LogP) is 2.51. The fourth-order valence-electron chi connectivity index (χ4n) is 2.71. The van der Waals surface area contributed by atoms with Crippen LogP contribution in [0.2, 0.25) is 0 Å². The molecule has 1 aliphatic heterocycles. The van der Waals surface area contributed by atoms with Gasteiger partial charge in [-0.1, -0.05) is 0 Å². The molecule has 0 amide bonds. The van der Waals surface area contributed by atoms with Crippen LogP contribution in [0, 0.1) is 12.8 Å². The first-order chi connectivity index (χ1) is 9.28. The van der Waals surface area contributed by atoms with Gasteiger partial charge in [-0.2, -0.15) is 16.7 Å². The number of nitrogens with zero attached hydrogens (tertiary/aromatic N) is 4. The second kappa shape index (κ2) is 5.36. The van der Waals surface area contributed by atoms with E-state index in [2.05, 4.69) is 26.1 Å². The first kappa shape index (κ1) is 12.7. The highest BCUT2D eigenvalue weighted by atomic mass is 32.2. The molecule has 0 radical (unpaired) electrons. The summed E-state index contributed by atoms with van der Waals surface area (Å²) in [6.45, 7) is 3.94. The van der Waals surface area contributed by atoms with E-state index in [1.165, 1.54) is 18.6 Å². The normalized spacial score (nSPS) is 20.1. The van der Waals surface area contributed by atoms with Crippen LogP contribution in [0.1, 0.15) is 18.7 Å². The third kappa shape index (κ3) is 2.54. The summed E-state index contributed by atoms with van der Waals surface area (Å²) in [5.41, 5.74) is 1.39. The molecule has 2 aromatic heterocycles. The van der Waals surface area contributed by atoms with Crippen LogP contribution in [0.3, 0.4) is 0 Å². The lowest BCUT2D eigenvalue weighted by Gasteiger charge is -2.33. The average Bonchev–Trinajstić information content (AvgIpc) is 2.79. The zero-order valence-electron chi connectivity index (χ0n) is 11.3.